The van der Waals surface area contributed by atoms with Crippen molar-refractivity contribution in [3.05, 3.63) is 53.1 Å². The van der Waals surface area contributed by atoms with Gasteiger partial charge in [0.2, 0.25) is 15.9 Å². The zero-order valence-corrected chi connectivity index (χ0v) is 15.6. The number of halogens is 1. The zero-order chi connectivity index (χ0) is 18.5. The van der Waals surface area contributed by atoms with Gasteiger partial charge >= 0.3 is 0 Å². The monoisotopic (exact) mass is 391 g/mol. The summed E-state index contributed by atoms with van der Waals surface area (Å²) in [6.45, 7) is 2.26. The number of sulfonamides is 1. The molecule has 2 aromatic carbocycles. The van der Waals surface area contributed by atoms with Crippen LogP contribution in [0.5, 0.6) is 0 Å². The van der Waals surface area contributed by atoms with Gasteiger partial charge in [-0.05, 0) is 43.2 Å². The molecule has 1 amide bonds. The fourth-order valence-corrected chi connectivity index (χ4v) is 5.02. The molecule has 2 unspecified atom stereocenters. The smallest absolute Gasteiger partial charge is 0.247 e. The molecule has 2 aromatic rings. The molecule has 0 spiro atoms. The Bertz CT molecular complexity index is 993. The molecule has 2 aliphatic rings. The summed E-state index contributed by atoms with van der Waals surface area (Å²) in [6, 6.07) is 11.5. The van der Waals surface area contributed by atoms with Gasteiger partial charge in [-0.1, -0.05) is 29.8 Å². The van der Waals surface area contributed by atoms with Crippen LogP contribution in [0.15, 0.2) is 47.4 Å². The maximum atomic E-state index is 12.7. The maximum absolute atomic E-state index is 12.7. The Labute approximate surface area is 157 Å². The van der Waals surface area contributed by atoms with Crippen molar-refractivity contribution in [2.45, 2.75) is 30.3 Å². The van der Waals surface area contributed by atoms with Crippen LogP contribution < -0.4 is 14.9 Å². The number of nitrogens with one attached hydrogen (secondary N) is 2. The maximum Gasteiger partial charge on any atom is 0.247 e. The van der Waals surface area contributed by atoms with Gasteiger partial charge in [0.05, 0.1) is 16.3 Å². The van der Waals surface area contributed by atoms with Crippen LogP contribution in [0.25, 0.3) is 0 Å². The molecule has 2 N–H and O–H groups in total. The SMILES string of the molecule is Cc1ccc(S(=O)(=O)NC2CC3C(=O)Nc4ccccc4N3C2)cc1Cl. The average Bonchev–Trinajstić information content (AvgIpc) is 3.01. The fourth-order valence-electron chi connectivity index (χ4n) is 3.51. The quantitative estimate of drug-likeness (QED) is 0.842. The number of aryl methyl sites for hydroxylation is 1. The van der Waals surface area contributed by atoms with Crippen LogP contribution in [0.3, 0.4) is 0 Å². The van der Waals surface area contributed by atoms with E-state index < -0.39 is 10.0 Å². The standard InChI is InChI=1S/C18H18ClN3O3S/c1-11-6-7-13(9-14(11)19)26(24,25)21-12-8-17-18(23)20-15-4-2-3-5-16(15)22(17)10-12/h2-7,9,12,17,21H,8,10H2,1H3,(H,20,23). The number of amides is 1. The van der Waals surface area contributed by atoms with Crippen LogP contribution in [-0.4, -0.2) is 33.0 Å². The minimum atomic E-state index is -3.71. The third-order valence-electron chi connectivity index (χ3n) is 4.85. The molecular weight excluding hydrogens is 374 g/mol. The van der Waals surface area contributed by atoms with Crippen molar-refractivity contribution in [3.63, 3.8) is 0 Å². The van der Waals surface area contributed by atoms with Gasteiger partial charge in [0.15, 0.2) is 0 Å². The number of anilines is 2. The summed E-state index contributed by atoms with van der Waals surface area (Å²) in [4.78, 5) is 14.4. The predicted octanol–water partition coefficient (Wildman–Crippen LogP) is 2.53. The Morgan fingerprint density at radius 3 is 2.77 bits per heavy atom. The normalized spacial score (nSPS) is 21.9. The van der Waals surface area contributed by atoms with Crippen molar-refractivity contribution >= 4 is 38.9 Å². The minimum Gasteiger partial charge on any atom is -0.356 e. The summed E-state index contributed by atoms with van der Waals surface area (Å²) in [5, 5.41) is 3.29. The third-order valence-corrected chi connectivity index (χ3v) is 6.78. The van der Waals surface area contributed by atoms with E-state index in [1.54, 1.807) is 6.07 Å². The van der Waals surface area contributed by atoms with Crippen molar-refractivity contribution < 1.29 is 13.2 Å². The first-order valence-corrected chi connectivity index (χ1v) is 10.2. The van der Waals surface area contributed by atoms with E-state index in [0.717, 1.165) is 16.9 Å². The van der Waals surface area contributed by atoms with Crippen LogP contribution in [0.4, 0.5) is 11.4 Å². The van der Waals surface area contributed by atoms with Crippen LogP contribution in [0.1, 0.15) is 12.0 Å². The number of para-hydroxylation sites is 2. The predicted molar refractivity (Wildman–Crippen MR) is 101 cm³/mol. The average molecular weight is 392 g/mol. The van der Waals surface area contributed by atoms with E-state index in [4.69, 9.17) is 11.6 Å². The van der Waals surface area contributed by atoms with E-state index >= 15 is 0 Å². The highest BCUT2D eigenvalue weighted by Crippen LogP contribution is 2.36. The molecule has 1 fully saturated rings. The number of fused-ring (bicyclic) bond motifs is 3. The van der Waals surface area contributed by atoms with Crippen LogP contribution in [0, 0.1) is 6.92 Å². The lowest BCUT2D eigenvalue weighted by Gasteiger charge is -2.32. The van der Waals surface area contributed by atoms with Gasteiger partial charge in [0.25, 0.3) is 0 Å². The molecule has 2 heterocycles. The number of carbonyl (C=O) groups excluding carboxylic acids is 1. The van der Waals surface area contributed by atoms with Gasteiger partial charge in [-0.3, -0.25) is 4.79 Å². The first-order chi connectivity index (χ1) is 12.3. The van der Waals surface area contributed by atoms with Crippen LogP contribution in [-0.2, 0) is 14.8 Å². The van der Waals surface area contributed by atoms with Gasteiger partial charge in [0.1, 0.15) is 6.04 Å². The Morgan fingerprint density at radius 1 is 1.23 bits per heavy atom. The van der Waals surface area contributed by atoms with E-state index in [1.807, 2.05) is 36.1 Å². The Morgan fingerprint density at radius 2 is 2.00 bits per heavy atom. The van der Waals surface area contributed by atoms with E-state index in [1.165, 1.54) is 12.1 Å². The minimum absolute atomic E-state index is 0.108. The Balaban J connectivity index is 1.57. The molecule has 0 bridgehead atoms. The van der Waals surface area contributed by atoms with E-state index in [-0.39, 0.29) is 22.9 Å². The molecule has 0 radical (unpaired) electrons. The molecule has 136 valence electrons. The third kappa shape index (κ3) is 2.96. The molecule has 0 saturated carbocycles. The van der Waals surface area contributed by atoms with Crippen molar-refractivity contribution in [3.8, 4) is 0 Å². The van der Waals surface area contributed by atoms with Gasteiger partial charge in [-0.25, -0.2) is 13.1 Å². The second-order valence-electron chi connectivity index (χ2n) is 6.64. The van der Waals surface area contributed by atoms with E-state index in [2.05, 4.69) is 10.0 Å². The molecule has 4 rings (SSSR count). The number of nitrogens with zero attached hydrogens (tertiary/aromatic N) is 1. The Hall–Kier alpha value is -2.09. The van der Waals surface area contributed by atoms with Crippen molar-refractivity contribution in [2.75, 3.05) is 16.8 Å². The first-order valence-electron chi connectivity index (χ1n) is 8.30. The highest BCUT2D eigenvalue weighted by atomic mass is 35.5. The topological polar surface area (TPSA) is 78.5 Å². The fraction of sp³-hybridized carbons (Fsp3) is 0.278. The molecule has 0 aliphatic carbocycles. The van der Waals surface area contributed by atoms with Crippen LogP contribution >= 0.6 is 11.6 Å². The van der Waals surface area contributed by atoms with Crippen molar-refractivity contribution in [1.82, 2.24) is 4.72 Å². The highest BCUT2D eigenvalue weighted by Gasteiger charge is 2.42. The number of hydrogen-bond donors (Lipinski definition) is 2. The van der Waals surface area contributed by atoms with Gasteiger partial charge < -0.3 is 10.2 Å². The van der Waals surface area contributed by atoms with E-state index in [9.17, 15) is 13.2 Å². The summed E-state index contributed by atoms with van der Waals surface area (Å²) >= 11 is 6.06. The lowest BCUT2D eigenvalue weighted by molar-refractivity contribution is -0.117. The molecule has 8 heteroatoms. The number of rotatable bonds is 3. The zero-order valence-electron chi connectivity index (χ0n) is 14.1. The van der Waals surface area contributed by atoms with E-state index in [0.29, 0.717) is 18.0 Å². The molecule has 0 aromatic heterocycles. The summed E-state index contributed by atoms with van der Waals surface area (Å²) in [5.74, 6) is -0.108. The molecule has 6 nitrogen and oxygen atoms in total. The lowest BCUT2D eigenvalue weighted by Crippen LogP contribution is -2.44. The summed E-state index contributed by atoms with van der Waals surface area (Å²) in [5.41, 5.74) is 2.48. The highest BCUT2D eigenvalue weighted by molar-refractivity contribution is 7.89. The molecule has 1 saturated heterocycles. The van der Waals surface area contributed by atoms with Gasteiger partial charge in [-0.2, -0.15) is 0 Å². The summed E-state index contributed by atoms with van der Waals surface area (Å²) in [6.07, 6.45) is 0.416. The summed E-state index contributed by atoms with van der Waals surface area (Å²) in [7, 11) is -3.71. The Kier molecular flexibility index (Phi) is 4.17. The van der Waals surface area contributed by atoms with Crippen molar-refractivity contribution in [1.29, 1.82) is 0 Å². The number of benzene rings is 2. The molecular formula is C18H18ClN3O3S. The van der Waals surface area contributed by atoms with Crippen molar-refractivity contribution in [2.24, 2.45) is 0 Å². The molecule has 26 heavy (non-hydrogen) atoms. The number of carbonyl (C=O) groups is 1. The molecule has 2 atom stereocenters. The first kappa shape index (κ1) is 17.3. The lowest BCUT2D eigenvalue weighted by atomic mass is 10.1. The second kappa shape index (κ2) is 6.26. The molecule has 2 aliphatic heterocycles. The summed E-state index contributed by atoms with van der Waals surface area (Å²) < 4.78 is 28.1. The second-order valence-corrected chi connectivity index (χ2v) is 8.76. The van der Waals surface area contributed by atoms with Crippen LogP contribution in [0.2, 0.25) is 5.02 Å². The largest absolute Gasteiger partial charge is 0.356 e. The number of hydrogen-bond acceptors (Lipinski definition) is 4. The van der Waals surface area contributed by atoms with Gasteiger partial charge in [0, 0.05) is 17.6 Å². The van der Waals surface area contributed by atoms with Gasteiger partial charge in [-0.15, -0.1) is 0 Å².